The molecular formula is C21H22Cl2FN5O. The van der Waals surface area contributed by atoms with Gasteiger partial charge in [0.2, 0.25) is 0 Å². The van der Waals surface area contributed by atoms with Crippen LogP contribution in [-0.4, -0.2) is 27.9 Å². The number of hydrogen-bond acceptors (Lipinski definition) is 5. The summed E-state index contributed by atoms with van der Waals surface area (Å²) in [5.41, 5.74) is 8.08. The summed E-state index contributed by atoms with van der Waals surface area (Å²) in [6.45, 7) is 3.71. The van der Waals surface area contributed by atoms with E-state index in [9.17, 15) is 4.39 Å². The second-order valence-electron chi connectivity index (χ2n) is 7.29. The van der Waals surface area contributed by atoms with Gasteiger partial charge in [0.25, 0.3) is 0 Å². The first kappa shape index (κ1) is 20.9. The molecule has 1 fully saturated rings. The Bertz CT molecular complexity index is 1050. The number of nitrogens with one attached hydrogen (secondary N) is 1. The number of benzene rings is 1. The van der Waals surface area contributed by atoms with Crippen LogP contribution in [0.4, 0.5) is 10.2 Å². The molecule has 3 aromatic rings. The molecule has 4 rings (SSSR count). The third kappa shape index (κ3) is 4.24. The second-order valence-corrected chi connectivity index (χ2v) is 8.07. The van der Waals surface area contributed by atoms with E-state index in [1.54, 1.807) is 19.2 Å². The summed E-state index contributed by atoms with van der Waals surface area (Å²) in [5.74, 6) is 0.0322. The largest absolute Gasteiger partial charge is 0.482 e. The van der Waals surface area contributed by atoms with Crippen molar-refractivity contribution in [3.8, 4) is 17.0 Å². The average Bonchev–Trinajstić information content (AvgIpc) is 3.23. The van der Waals surface area contributed by atoms with Crippen LogP contribution in [0, 0.1) is 5.82 Å². The maximum atomic E-state index is 13.8. The van der Waals surface area contributed by atoms with Gasteiger partial charge in [-0.2, -0.15) is 5.10 Å². The van der Waals surface area contributed by atoms with E-state index >= 15 is 0 Å². The van der Waals surface area contributed by atoms with Gasteiger partial charge >= 0.3 is 0 Å². The van der Waals surface area contributed by atoms with Crippen molar-refractivity contribution < 1.29 is 9.13 Å². The summed E-state index contributed by atoms with van der Waals surface area (Å²) in [6.07, 6.45) is 5.27. The van der Waals surface area contributed by atoms with E-state index in [2.05, 4.69) is 15.4 Å². The van der Waals surface area contributed by atoms with E-state index in [4.69, 9.17) is 33.7 Å². The zero-order chi connectivity index (χ0) is 21.3. The number of aromatic nitrogens is 3. The van der Waals surface area contributed by atoms with Crippen molar-refractivity contribution in [3.05, 3.63) is 58.1 Å². The van der Waals surface area contributed by atoms with E-state index in [1.807, 2.05) is 16.9 Å². The predicted molar refractivity (Wildman–Crippen MR) is 116 cm³/mol. The first-order valence-electron chi connectivity index (χ1n) is 9.76. The van der Waals surface area contributed by atoms with Crippen molar-refractivity contribution in [1.82, 2.24) is 20.1 Å². The molecule has 2 aromatic heterocycles. The molecule has 1 saturated heterocycles. The summed E-state index contributed by atoms with van der Waals surface area (Å²) in [5, 5.41) is 8.10. The number of ether oxygens (including phenoxy) is 1. The fourth-order valence-corrected chi connectivity index (χ4v) is 4.31. The average molecular weight is 450 g/mol. The van der Waals surface area contributed by atoms with Gasteiger partial charge in [0, 0.05) is 22.3 Å². The fourth-order valence-electron chi connectivity index (χ4n) is 3.63. The van der Waals surface area contributed by atoms with Crippen LogP contribution < -0.4 is 15.8 Å². The van der Waals surface area contributed by atoms with Crippen LogP contribution in [0.1, 0.15) is 37.5 Å². The summed E-state index contributed by atoms with van der Waals surface area (Å²) in [4.78, 5) is 4.46. The zero-order valence-electron chi connectivity index (χ0n) is 16.4. The van der Waals surface area contributed by atoms with E-state index in [0.29, 0.717) is 28.1 Å². The first-order valence-corrected chi connectivity index (χ1v) is 10.5. The highest BCUT2D eigenvalue weighted by molar-refractivity contribution is 6.36. The Morgan fingerprint density at radius 1 is 1.23 bits per heavy atom. The van der Waals surface area contributed by atoms with Gasteiger partial charge in [-0.3, -0.25) is 4.68 Å². The van der Waals surface area contributed by atoms with Crippen LogP contribution in [0.5, 0.6) is 5.75 Å². The smallest absolute Gasteiger partial charge is 0.166 e. The Labute approximate surface area is 184 Å². The molecule has 1 atom stereocenters. The van der Waals surface area contributed by atoms with Crippen molar-refractivity contribution in [3.63, 3.8) is 0 Å². The molecule has 0 bridgehead atoms. The number of nitrogens with zero attached hydrogens (tertiary/aromatic N) is 3. The summed E-state index contributed by atoms with van der Waals surface area (Å²) >= 11 is 12.3. The zero-order valence-corrected chi connectivity index (χ0v) is 17.9. The Balaban J connectivity index is 1.53. The number of nitrogens with two attached hydrogens (primary N) is 1. The molecule has 3 heterocycles. The van der Waals surface area contributed by atoms with Gasteiger partial charge in [-0.15, -0.1) is 0 Å². The topological polar surface area (TPSA) is 78.0 Å². The second kappa shape index (κ2) is 8.79. The number of anilines is 1. The standard InChI is InChI=1S/C21H22Cl2FN5O/c1-12(19-15(22)2-3-16(24)20(19)23)30-18-5-4-17(28-21(18)25)13-10-27-29(11-13)14-6-8-26-9-7-14/h2-5,10-12,14,26H,6-9H2,1H3,(H2,25,28)/t12-/m0/s1. The van der Waals surface area contributed by atoms with Gasteiger partial charge in [0.1, 0.15) is 11.9 Å². The molecule has 0 unspecified atom stereocenters. The monoisotopic (exact) mass is 449 g/mol. The van der Waals surface area contributed by atoms with E-state index < -0.39 is 11.9 Å². The minimum absolute atomic E-state index is 0.0662. The van der Waals surface area contributed by atoms with Crippen LogP contribution in [0.15, 0.2) is 36.7 Å². The molecule has 6 nitrogen and oxygen atoms in total. The van der Waals surface area contributed by atoms with Crippen molar-refractivity contribution >= 4 is 29.0 Å². The lowest BCUT2D eigenvalue weighted by Crippen LogP contribution is -2.29. The fraction of sp³-hybridized carbons (Fsp3) is 0.333. The molecule has 0 aliphatic carbocycles. The number of pyridine rings is 1. The minimum Gasteiger partial charge on any atom is -0.482 e. The minimum atomic E-state index is -0.613. The highest BCUT2D eigenvalue weighted by Crippen LogP contribution is 2.36. The van der Waals surface area contributed by atoms with Crippen LogP contribution in [0.25, 0.3) is 11.3 Å². The van der Waals surface area contributed by atoms with Gasteiger partial charge in [0.05, 0.1) is 23.0 Å². The maximum absolute atomic E-state index is 13.8. The Hall–Kier alpha value is -2.35. The SMILES string of the molecule is C[C@H](Oc1ccc(-c2cnn(C3CCNCC3)c2)nc1N)c1c(Cl)ccc(F)c1Cl. The van der Waals surface area contributed by atoms with Crippen LogP contribution in [0.2, 0.25) is 10.0 Å². The lowest BCUT2D eigenvalue weighted by atomic mass is 10.1. The molecule has 158 valence electrons. The maximum Gasteiger partial charge on any atom is 0.166 e. The van der Waals surface area contributed by atoms with Crippen molar-refractivity contribution in [2.45, 2.75) is 31.9 Å². The van der Waals surface area contributed by atoms with Crippen molar-refractivity contribution in [2.24, 2.45) is 0 Å². The highest BCUT2D eigenvalue weighted by Gasteiger charge is 2.20. The Morgan fingerprint density at radius 2 is 2.00 bits per heavy atom. The third-order valence-electron chi connectivity index (χ3n) is 5.26. The number of piperidine rings is 1. The molecular weight excluding hydrogens is 428 g/mol. The van der Waals surface area contributed by atoms with Crippen LogP contribution in [-0.2, 0) is 0 Å². The molecule has 0 saturated carbocycles. The first-order chi connectivity index (χ1) is 14.4. The molecule has 1 aromatic carbocycles. The van der Waals surface area contributed by atoms with Gasteiger partial charge in [-0.05, 0) is 57.1 Å². The molecule has 1 aliphatic rings. The van der Waals surface area contributed by atoms with E-state index in [0.717, 1.165) is 31.5 Å². The summed E-state index contributed by atoms with van der Waals surface area (Å²) < 4.78 is 21.7. The summed E-state index contributed by atoms with van der Waals surface area (Å²) in [6, 6.07) is 6.61. The van der Waals surface area contributed by atoms with E-state index in [-0.39, 0.29) is 10.8 Å². The molecule has 1 aliphatic heterocycles. The number of rotatable bonds is 5. The van der Waals surface area contributed by atoms with Crippen molar-refractivity contribution in [1.29, 1.82) is 0 Å². The Morgan fingerprint density at radius 3 is 2.73 bits per heavy atom. The molecule has 0 amide bonds. The lowest BCUT2D eigenvalue weighted by molar-refractivity contribution is 0.227. The number of halogens is 3. The molecule has 3 N–H and O–H groups in total. The van der Waals surface area contributed by atoms with Gasteiger partial charge in [-0.1, -0.05) is 23.2 Å². The van der Waals surface area contributed by atoms with E-state index in [1.165, 1.54) is 12.1 Å². The number of hydrogen-bond donors (Lipinski definition) is 2. The van der Waals surface area contributed by atoms with Gasteiger partial charge in [0.15, 0.2) is 11.6 Å². The van der Waals surface area contributed by atoms with Gasteiger partial charge < -0.3 is 15.8 Å². The summed E-state index contributed by atoms with van der Waals surface area (Å²) in [7, 11) is 0. The van der Waals surface area contributed by atoms with Crippen LogP contribution in [0.3, 0.4) is 0 Å². The van der Waals surface area contributed by atoms with Crippen LogP contribution >= 0.6 is 23.2 Å². The Kier molecular flexibility index (Phi) is 6.13. The number of nitrogen functional groups attached to an aromatic ring is 1. The molecule has 9 heteroatoms. The lowest BCUT2D eigenvalue weighted by Gasteiger charge is -2.22. The third-order valence-corrected chi connectivity index (χ3v) is 5.97. The molecule has 30 heavy (non-hydrogen) atoms. The quantitative estimate of drug-likeness (QED) is 0.533. The predicted octanol–water partition coefficient (Wildman–Crippen LogP) is 5.04. The highest BCUT2D eigenvalue weighted by atomic mass is 35.5. The van der Waals surface area contributed by atoms with Gasteiger partial charge in [-0.25, -0.2) is 9.37 Å². The molecule has 0 radical (unpaired) electrons. The molecule has 0 spiro atoms. The van der Waals surface area contributed by atoms with Crippen molar-refractivity contribution in [2.75, 3.05) is 18.8 Å². The normalized spacial score (nSPS) is 15.9.